The quantitative estimate of drug-likeness (QED) is 0.555. The lowest BCUT2D eigenvalue weighted by Crippen LogP contribution is -1.94. The van der Waals surface area contributed by atoms with Crippen LogP contribution in [0.3, 0.4) is 0 Å². The highest BCUT2D eigenvalue weighted by Crippen LogP contribution is 2.25. The Balaban J connectivity index is 2.67. The first-order valence-corrected chi connectivity index (χ1v) is 6.21. The lowest BCUT2D eigenvalue weighted by atomic mass is 9.99. The Morgan fingerprint density at radius 2 is 1.80 bits per heavy atom. The molecule has 0 fully saturated rings. The van der Waals surface area contributed by atoms with E-state index in [0.29, 0.717) is 17.6 Å². The zero-order valence-corrected chi connectivity index (χ0v) is 10.4. The molecule has 0 bridgehead atoms. The minimum absolute atomic E-state index is 0.334. The van der Waals surface area contributed by atoms with Crippen LogP contribution >= 0.6 is 11.8 Å². The molecule has 1 nitrogen and oxygen atoms in total. The maximum atomic E-state index is 10.4. The van der Waals surface area contributed by atoms with Crippen molar-refractivity contribution in [2.45, 2.75) is 43.3 Å². The van der Waals surface area contributed by atoms with Crippen molar-refractivity contribution in [2.24, 2.45) is 0 Å². The lowest BCUT2D eigenvalue weighted by molar-refractivity contribution is -0.108. The van der Waals surface area contributed by atoms with Crippen LogP contribution in [0, 0.1) is 0 Å². The van der Waals surface area contributed by atoms with E-state index < -0.39 is 0 Å². The van der Waals surface area contributed by atoms with Crippen LogP contribution in [0.5, 0.6) is 0 Å². The van der Waals surface area contributed by atoms with Gasteiger partial charge in [0.15, 0.2) is 0 Å². The van der Waals surface area contributed by atoms with E-state index in [0.717, 1.165) is 6.29 Å². The first-order valence-electron chi connectivity index (χ1n) is 5.33. The maximum Gasteiger partial charge on any atom is 0.120 e. The van der Waals surface area contributed by atoms with E-state index in [1.807, 2.05) is 11.8 Å². The molecule has 0 spiro atoms. The molecule has 0 aliphatic heterocycles. The van der Waals surface area contributed by atoms with Gasteiger partial charge < -0.3 is 4.79 Å². The Morgan fingerprint density at radius 3 is 2.27 bits per heavy atom. The topological polar surface area (TPSA) is 17.1 Å². The summed E-state index contributed by atoms with van der Waals surface area (Å²) in [6.45, 7) is 6.46. The van der Waals surface area contributed by atoms with E-state index in [-0.39, 0.29) is 0 Å². The first-order chi connectivity index (χ1) is 7.13. The molecule has 0 saturated heterocycles. The summed E-state index contributed by atoms with van der Waals surface area (Å²) in [6, 6.07) is 8.53. The summed E-state index contributed by atoms with van der Waals surface area (Å²) in [7, 11) is 0. The van der Waals surface area contributed by atoms with Crippen LogP contribution in [-0.4, -0.2) is 11.5 Å². The average Bonchev–Trinajstić information content (AvgIpc) is 2.18. The number of aldehydes is 1. The molecule has 15 heavy (non-hydrogen) atoms. The Hall–Kier alpha value is -0.760. The van der Waals surface area contributed by atoms with Crippen LogP contribution in [0.25, 0.3) is 0 Å². The average molecular weight is 222 g/mol. The highest BCUT2D eigenvalue weighted by atomic mass is 32.2. The van der Waals surface area contributed by atoms with Gasteiger partial charge in [-0.25, -0.2) is 0 Å². The van der Waals surface area contributed by atoms with E-state index in [4.69, 9.17) is 0 Å². The highest BCUT2D eigenvalue weighted by molar-refractivity contribution is 7.99. The zero-order valence-electron chi connectivity index (χ0n) is 9.57. The molecule has 0 N–H and O–H groups in total. The fraction of sp³-hybridized carbons (Fsp3) is 0.462. The smallest absolute Gasteiger partial charge is 0.120 e. The number of hydrogen-bond donors (Lipinski definition) is 0. The fourth-order valence-electron chi connectivity index (χ4n) is 1.43. The lowest BCUT2D eigenvalue weighted by Gasteiger charge is -2.10. The molecule has 1 rings (SSSR count). The van der Waals surface area contributed by atoms with E-state index >= 15 is 0 Å². The van der Waals surface area contributed by atoms with Crippen LogP contribution < -0.4 is 0 Å². The molecule has 1 unspecified atom stereocenters. The highest BCUT2D eigenvalue weighted by Gasteiger charge is 2.05. The third kappa shape index (κ3) is 4.08. The van der Waals surface area contributed by atoms with E-state index in [1.54, 1.807) is 0 Å². The molecule has 1 aromatic carbocycles. The molecule has 1 aromatic rings. The first kappa shape index (κ1) is 12.3. The largest absolute Gasteiger partial charge is 0.303 e. The van der Waals surface area contributed by atoms with Gasteiger partial charge in [0.2, 0.25) is 0 Å². The Morgan fingerprint density at radius 1 is 1.20 bits per heavy atom. The number of hydrogen-bond acceptors (Lipinski definition) is 2. The van der Waals surface area contributed by atoms with Crippen molar-refractivity contribution >= 4 is 18.0 Å². The monoisotopic (exact) mass is 222 g/mol. The van der Waals surface area contributed by atoms with Crippen LogP contribution in [0.4, 0.5) is 0 Å². The minimum Gasteiger partial charge on any atom is -0.303 e. The second-order valence-electron chi connectivity index (χ2n) is 4.04. The van der Waals surface area contributed by atoms with Crippen molar-refractivity contribution in [1.82, 2.24) is 0 Å². The summed E-state index contributed by atoms with van der Waals surface area (Å²) in [5.41, 5.74) is 1.25. The van der Waals surface area contributed by atoms with Gasteiger partial charge in [-0.2, -0.15) is 0 Å². The number of carbonyl (C=O) groups is 1. The van der Waals surface area contributed by atoms with Crippen LogP contribution in [0.1, 0.15) is 38.7 Å². The number of benzene rings is 1. The SMILES string of the molecule is CC(C)Sc1ccc(C(C)CC=O)cc1. The van der Waals surface area contributed by atoms with Crippen molar-refractivity contribution in [1.29, 1.82) is 0 Å². The van der Waals surface area contributed by atoms with Gasteiger partial charge in [0.1, 0.15) is 6.29 Å². The number of rotatable bonds is 5. The molecule has 0 heterocycles. The van der Waals surface area contributed by atoms with E-state index in [1.165, 1.54) is 10.5 Å². The predicted octanol–water partition coefficient (Wildman–Crippen LogP) is 3.88. The van der Waals surface area contributed by atoms with Crippen molar-refractivity contribution in [3.05, 3.63) is 29.8 Å². The molecule has 0 radical (unpaired) electrons. The van der Waals surface area contributed by atoms with Gasteiger partial charge in [-0.05, 0) is 23.6 Å². The summed E-state index contributed by atoms with van der Waals surface area (Å²) in [6.07, 6.45) is 1.60. The molecule has 0 aliphatic rings. The van der Waals surface area contributed by atoms with Gasteiger partial charge in [0.05, 0.1) is 0 Å². The third-order valence-corrected chi connectivity index (χ3v) is 3.29. The van der Waals surface area contributed by atoms with Gasteiger partial charge in [0, 0.05) is 16.6 Å². The fourth-order valence-corrected chi connectivity index (χ4v) is 2.27. The number of carbonyl (C=O) groups excluding carboxylic acids is 1. The molecule has 0 aromatic heterocycles. The third-order valence-electron chi connectivity index (χ3n) is 2.27. The molecule has 82 valence electrons. The summed E-state index contributed by atoms with van der Waals surface area (Å²) in [5, 5.41) is 0.614. The van der Waals surface area contributed by atoms with Crippen LogP contribution in [0.15, 0.2) is 29.2 Å². The van der Waals surface area contributed by atoms with Crippen molar-refractivity contribution in [3.8, 4) is 0 Å². The Labute approximate surface area is 96.3 Å². The van der Waals surface area contributed by atoms with Gasteiger partial charge in [-0.3, -0.25) is 0 Å². The molecule has 0 aliphatic carbocycles. The van der Waals surface area contributed by atoms with Gasteiger partial charge in [-0.15, -0.1) is 11.8 Å². The summed E-state index contributed by atoms with van der Waals surface area (Å²) in [5.74, 6) is 0.334. The van der Waals surface area contributed by atoms with Crippen molar-refractivity contribution in [3.63, 3.8) is 0 Å². The standard InChI is InChI=1S/C13H18OS/c1-10(2)15-13-6-4-12(5-7-13)11(3)8-9-14/h4-7,9-11H,8H2,1-3H3. The van der Waals surface area contributed by atoms with Gasteiger partial charge in [0.25, 0.3) is 0 Å². The second-order valence-corrected chi connectivity index (χ2v) is 5.69. The van der Waals surface area contributed by atoms with Gasteiger partial charge >= 0.3 is 0 Å². The molecule has 1 atom stereocenters. The Kier molecular flexibility index (Phi) is 4.89. The van der Waals surface area contributed by atoms with Crippen molar-refractivity contribution in [2.75, 3.05) is 0 Å². The van der Waals surface area contributed by atoms with Crippen LogP contribution in [-0.2, 0) is 4.79 Å². The Bertz CT molecular complexity index is 303. The molecular weight excluding hydrogens is 204 g/mol. The van der Waals surface area contributed by atoms with Gasteiger partial charge in [-0.1, -0.05) is 32.9 Å². The summed E-state index contributed by atoms with van der Waals surface area (Å²) < 4.78 is 0. The van der Waals surface area contributed by atoms with Crippen LogP contribution in [0.2, 0.25) is 0 Å². The van der Waals surface area contributed by atoms with E-state index in [9.17, 15) is 4.79 Å². The van der Waals surface area contributed by atoms with Crippen molar-refractivity contribution < 1.29 is 4.79 Å². The normalized spacial score (nSPS) is 12.8. The zero-order chi connectivity index (χ0) is 11.3. The molecule has 0 saturated carbocycles. The number of thioether (sulfide) groups is 1. The molecule has 0 amide bonds. The molecule has 2 heteroatoms. The maximum absolute atomic E-state index is 10.4. The second kappa shape index (κ2) is 5.96. The van der Waals surface area contributed by atoms with E-state index in [2.05, 4.69) is 45.0 Å². The predicted molar refractivity (Wildman–Crippen MR) is 66.5 cm³/mol. The summed E-state index contributed by atoms with van der Waals surface area (Å²) in [4.78, 5) is 11.7. The minimum atomic E-state index is 0.334. The summed E-state index contributed by atoms with van der Waals surface area (Å²) >= 11 is 1.86. The molecular formula is C13H18OS.